The van der Waals surface area contributed by atoms with Crippen LogP contribution in [0.25, 0.3) is 0 Å². The van der Waals surface area contributed by atoms with Gasteiger partial charge in [-0.1, -0.05) is 53.5 Å². The van der Waals surface area contributed by atoms with Crippen molar-refractivity contribution in [1.29, 1.82) is 0 Å². The average molecular weight is 507 g/mol. The van der Waals surface area contributed by atoms with E-state index in [-0.39, 0.29) is 22.8 Å². The Labute approximate surface area is 203 Å². The van der Waals surface area contributed by atoms with E-state index in [4.69, 9.17) is 23.2 Å². The van der Waals surface area contributed by atoms with Crippen LogP contribution in [-0.4, -0.2) is 21.4 Å². The Morgan fingerprint density at radius 1 is 1.12 bits per heavy atom. The Balaban J connectivity index is 1.56. The maximum Gasteiger partial charge on any atom is 0.435 e. The number of carbonyl (C=O) groups is 1. The molecule has 0 radical (unpaired) electrons. The summed E-state index contributed by atoms with van der Waals surface area (Å²) in [4.78, 5) is 17.9. The van der Waals surface area contributed by atoms with Crippen LogP contribution in [0, 0.1) is 5.92 Å². The van der Waals surface area contributed by atoms with Gasteiger partial charge in [0.2, 0.25) is 5.91 Å². The van der Waals surface area contributed by atoms with Gasteiger partial charge in [-0.15, -0.1) is 0 Å². The van der Waals surface area contributed by atoms with E-state index in [1.807, 2.05) is 24.3 Å². The minimum atomic E-state index is -4.65. The summed E-state index contributed by atoms with van der Waals surface area (Å²) in [7, 11) is 0. The summed E-state index contributed by atoms with van der Waals surface area (Å²) in [6.07, 6.45) is -3.06. The van der Waals surface area contributed by atoms with E-state index < -0.39 is 23.8 Å². The molecule has 2 heterocycles. The number of aliphatic imine (C=N–C) groups is 1. The largest absolute Gasteiger partial charge is 0.435 e. The molecule has 1 aliphatic heterocycles. The molecule has 5 nitrogen and oxygen atoms in total. The third-order valence-electron chi connectivity index (χ3n) is 6.34. The molecule has 1 aromatic heterocycles. The lowest BCUT2D eigenvalue weighted by Crippen LogP contribution is -2.43. The molecule has 34 heavy (non-hydrogen) atoms. The van der Waals surface area contributed by atoms with Gasteiger partial charge in [0.05, 0.1) is 22.1 Å². The van der Waals surface area contributed by atoms with E-state index in [2.05, 4.69) is 15.4 Å². The lowest BCUT2D eigenvalue weighted by Gasteiger charge is -2.32. The SMILES string of the molecule is CC1=Nc2cc(C(F)(F)F)nn2C(c2ccc(Cl)c(Cl)c2)C1C(=O)N[C@H]1CCc2ccccc21. The minimum absolute atomic E-state index is 0.0242. The van der Waals surface area contributed by atoms with Gasteiger partial charge in [0.25, 0.3) is 0 Å². The van der Waals surface area contributed by atoms with Crippen molar-refractivity contribution >= 4 is 40.6 Å². The Hall–Kier alpha value is -2.84. The lowest BCUT2D eigenvalue weighted by atomic mass is 9.87. The van der Waals surface area contributed by atoms with Crippen molar-refractivity contribution in [3.8, 4) is 0 Å². The standard InChI is InChI=1S/C24H19Cl2F3N4O/c1-12-21(23(34)31-18-9-7-13-4-2-3-5-15(13)18)22(14-6-8-16(25)17(26)10-14)33-20(30-12)11-19(32-33)24(27,28)29/h2-6,8,10-11,18,21-22H,7,9H2,1H3,(H,31,34)/t18-,21?,22?/m0/s1. The number of aromatic nitrogens is 2. The van der Waals surface area contributed by atoms with Crippen LogP contribution in [-0.2, 0) is 17.4 Å². The second-order valence-electron chi connectivity index (χ2n) is 8.48. The van der Waals surface area contributed by atoms with Gasteiger partial charge in [-0.25, -0.2) is 9.67 Å². The summed E-state index contributed by atoms with van der Waals surface area (Å²) >= 11 is 12.3. The molecule has 1 amide bonds. The van der Waals surface area contributed by atoms with Crippen LogP contribution in [0.4, 0.5) is 19.0 Å². The smallest absolute Gasteiger partial charge is 0.349 e. The monoisotopic (exact) mass is 506 g/mol. The van der Waals surface area contributed by atoms with Gasteiger partial charge in [0.15, 0.2) is 11.5 Å². The Kier molecular flexibility index (Phi) is 5.68. The molecule has 1 N–H and O–H groups in total. The molecule has 0 spiro atoms. The second-order valence-corrected chi connectivity index (χ2v) is 9.29. The van der Waals surface area contributed by atoms with E-state index in [1.54, 1.807) is 25.1 Å². The predicted molar refractivity (Wildman–Crippen MR) is 124 cm³/mol. The third-order valence-corrected chi connectivity index (χ3v) is 7.08. The first-order chi connectivity index (χ1) is 16.1. The normalized spacial score (nSPS) is 21.6. The molecule has 3 aromatic rings. The number of nitrogens with one attached hydrogen (secondary N) is 1. The molecule has 0 bridgehead atoms. The molecule has 0 saturated heterocycles. The summed E-state index contributed by atoms with van der Waals surface area (Å²) in [6.45, 7) is 1.64. The van der Waals surface area contributed by atoms with Gasteiger partial charge in [-0.2, -0.15) is 18.3 Å². The number of amides is 1. The molecule has 3 atom stereocenters. The summed E-state index contributed by atoms with van der Waals surface area (Å²) in [5.74, 6) is -1.21. The van der Waals surface area contributed by atoms with Crippen LogP contribution in [0.15, 0.2) is 53.5 Å². The number of halogens is 5. The molecule has 2 aromatic carbocycles. The highest BCUT2D eigenvalue weighted by Gasteiger charge is 2.43. The van der Waals surface area contributed by atoms with Crippen molar-refractivity contribution in [2.24, 2.45) is 10.9 Å². The van der Waals surface area contributed by atoms with E-state index in [1.165, 1.54) is 5.56 Å². The molecule has 176 valence electrons. The van der Waals surface area contributed by atoms with Crippen LogP contribution in [0.2, 0.25) is 10.0 Å². The summed E-state index contributed by atoms with van der Waals surface area (Å²) in [6, 6.07) is 12.5. The number of rotatable bonds is 3. The Morgan fingerprint density at radius 2 is 1.88 bits per heavy atom. The zero-order valence-corrected chi connectivity index (χ0v) is 19.4. The first-order valence-electron chi connectivity index (χ1n) is 10.7. The van der Waals surface area contributed by atoms with E-state index in [0.717, 1.165) is 29.2 Å². The molecular weight excluding hydrogens is 488 g/mol. The van der Waals surface area contributed by atoms with Gasteiger partial charge in [-0.05, 0) is 48.6 Å². The highest BCUT2D eigenvalue weighted by molar-refractivity contribution is 6.42. The molecule has 10 heteroatoms. The lowest BCUT2D eigenvalue weighted by molar-refractivity contribution is -0.141. The van der Waals surface area contributed by atoms with Gasteiger partial charge < -0.3 is 5.32 Å². The van der Waals surface area contributed by atoms with Gasteiger partial charge in [0.1, 0.15) is 5.92 Å². The molecular formula is C24H19Cl2F3N4O. The van der Waals surface area contributed by atoms with Crippen LogP contribution in [0.3, 0.4) is 0 Å². The molecule has 5 rings (SSSR count). The molecule has 2 unspecified atom stereocenters. The number of hydrogen-bond donors (Lipinski definition) is 1. The molecule has 0 fully saturated rings. The van der Waals surface area contributed by atoms with Crippen molar-refractivity contribution in [2.45, 2.75) is 38.0 Å². The zero-order valence-electron chi connectivity index (χ0n) is 17.9. The topological polar surface area (TPSA) is 59.3 Å². The maximum atomic E-state index is 13.6. The quantitative estimate of drug-likeness (QED) is 0.451. The van der Waals surface area contributed by atoms with E-state index in [9.17, 15) is 18.0 Å². The minimum Gasteiger partial charge on any atom is -0.349 e. The number of nitrogens with zero attached hydrogens (tertiary/aromatic N) is 3. The number of hydrogen-bond acceptors (Lipinski definition) is 3. The number of carbonyl (C=O) groups excluding carboxylic acids is 1. The van der Waals surface area contributed by atoms with Crippen molar-refractivity contribution in [3.05, 3.63) is 81.0 Å². The van der Waals surface area contributed by atoms with Crippen molar-refractivity contribution < 1.29 is 18.0 Å². The second kappa shape index (κ2) is 8.43. The predicted octanol–water partition coefficient (Wildman–Crippen LogP) is 6.32. The van der Waals surface area contributed by atoms with E-state index in [0.29, 0.717) is 16.3 Å². The number of fused-ring (bicyclic) bond motifs is 2. The molecule has 2 aliphatic rings. The van der Waals surface area contributed by atoms with Crippen molar-refractivity contribution in [2.75, 3.05) is 0 Å². The van der Waals surface area contributed by atoms with E-state index >= 15 is 0 Å². The number of aryl methyl sites for hydroxylation is 1. The number of benzene rings is 2. The zero-order chi connectivity index (χ0) is 24.2. The van der Waals surface area contributed by atoms with Gasteiger partial charge >= 0.3 is 6.18 Å². The van der Waals surface area contributed by atoms with Crippen LogP contribution < -0.4 is 5.32 Å². The summed E-state index contributed by atoms with van der Waals surface area (Å²) in [5, 5.41) is 7.41. The maximum absolute atomic E-state index is 13.6. The fourth-order valence-corrected chi connectivity index (χ4v) is 5.07. The van der Waals surface area contributed by atoms with Crippen molar-refractivity contribution in [3.63, 3.8) is 0 Å². The molecule has 1 aliphatic carbocycles. The number of alkyl halides is 3. The Morgan fingerprint density at radius 3 is 2.62 bits per heavy atom. The van der Waals surface area contributed by atoms with Gasteiger partial charge in [0, 0.05) is 11.8 Å². The van der Waals surface area contributed by atoms with Crippen LogP contribution >= 0.6 is 23.2 Å². The highest BCUT2D eigenvalue weighted by Crippen LogP contribution is 2.41. The summed E-state index contributed by atoms with van der Waals surface area (Å²) < 4.78 is 41.5. The highest BCUT2D eigenvalue weighted by atomic mass is 35.5. The van der Waals surface area contributed by atoms with Crippen molar-refractivity contribution in [1.82, 2.24) is 15.1 Å². The van der Waals surface area contributed by atoms with Crippen LogP contribution in [0.1, 0.15) is 47.8 Å². The third kappa shape index (κ3) is 3.99. The first kappa shape index (κ1) is 22.9. The van der Waals surface area contributed by atoms with Gasteiger partial charge in [-0.3, -0.25) is 4.79 Å². The summed E-state index contributed by atoms with van der Waals surface area (Å²) in [5.41, 5.74) is 2.04. The fraction of sp³-hybridized carbons (Fsp3) is 0.292. The van der Waals surface area contributed by atoms with Crippen LogP contribution in [0.5, 0.6) is 0 Å². The Bertz CT molecular complexity index is 1320. The average Bonchev–Trinajstić information content (AvgIpc) is 3.39. The fourth-order valence-electron chi connectivity index (χ4n) is 4.76. The first-order valence-corrected chi connectivity index (χ1v) is 11.4. The molecule has 0 saturated carbocycles.